The molecular weight excluding hydrogens is 226 g/mol. The third-order valence-electron chi connectivity index (χ3n) is 3.06. The van der Waals surface area contributed by atoms with Crippen LogP contribution in [0.4, 0.5) is 0 Å². The minimum atomic E-state index is 0.0907. The average Bonchev–Trinajstić information content (AvgIpc) is 2.34. The van der Waals surface area contributed by atoms with Crippen LogP contribution in [0.3, 0.4) is 0 Å². The highest BCUT2D eigenvalue weighted by Crippen LogP contribution is 2.27. The number of nitrogens with one attached hydrogen (secondary N) is 1. The van der Waals surface area contributed by atoms with Crippen molar-refractivity contribution in [1.29, 1.82) is 0 Å². The first kappa shape index (κ1) is 15.0. The standard InChI is InChI=1S/C15H25NO2/c1-11(10-17)16-9-12-8-13(15(2,3)4)6-7-14(12)18-5/h6-8,11,16-17H,9-10H2,1-5H3. The van der Waals surface area contributed by atoms with Crippen LogP contribution in [0.2, 0.25) is 0 Å². The van der Waals surface area contributed by atoms with Crippen molar-refractivity contribution < 1.29 is 9.84 Å². The summed E-state index contributed by atoms with van der Waals surface area (Å²) in [5.74, 6) is 0.889. The Labute approximate surface area is 110 Å². The number of hydrogen-bond donors (Lipinski definition) is 2. The molecular formula is C15H25NO2. The zero-order valence-corrected chi connectivity index (χ0v) is 12.1. The summed E-state index contributed by atoms with van der Waals surface area (Å²) >= 11 is 0. The highest BCUT2D eigenvalue weighted by atomic mass is 16.5. The highest BCUT2D eigenvalue weighted by Gasteiger charge is 2.16. The van der Waals surface area contributed by atoms with Gasteiger partial charge in [0.2, 0.25) is 0 Å². The second kappa shape index (κ2) is 6.21. The highest BCUT2D eigenvalue weighted by molar-refractivity contribution is 5.39. The quantitative estimate of drug-likeness (QED) is 0.844. The summed E-state index contributed by atoms with van der Waals surface area (Å²) in [5, 5.41) is 12.3. The molecule has 18 heavy (non-hydrogen) atoms. The van der Waals surface area contributed by atoms with E-state index in [9.17, 15) is 0 Å². The predicted molar refractivity (Wildman–Crippen MR) is 75.1 cm³/mol. The zero-order chi connectivity index (χ0) is 13.8. The summed E-state index contributed by atoms with van der Waals surface area (Å²) < 4.78 is 5.38. The summed E-state index contributed by atoms with van der Waals surface area (Å²) in [6.45, 7) is 9.39. The van der Waals surface area contributed by atoms with Crippen molar-refractivity contribution in [2.75, 3.05) is 13.7 Å². The van der Waals surface area contributed by atoms with Crippen LogP contribution in [0.25, 0.3) is 0 Å². The fourth-order valence-corrected chi connectivity index (χ4v) is 1.73. The van der Waals surface area contributed by atoms with Crippen molar-refractivity contribution in [3.63, 3.8) is 0 Å². The SMILES string of the molecule is COc1ccc(C(C)(C)C)cc1CNC(C)CO. The van der Waals surface area contributed by atoms with Crippen LogP contribution in [-0.2, 0) is 12.0 Å². The Morgan fingerprint density at radius 2 is 2.00 bits per heavy atom. The lowest BCUT2D eigenvalue weighted by Gasteiger charge is -2.21. The van der Waals surface area contributed by atoms with Crippen LogP contribution in [-0.4, -0.2) is 24.9 Å². The van der Waals surface area contributed by atoms with Gasteiger partial charge in [0.1, 0.15) is 5.75 Å². The number of rotatable bonds is 5. The first-order valence-electron chi connectivity index (χ1n) is 6.40. The number of benzene rings is 1. The normalized spacial score (nSPS) is 13.4. The molecule has 0 aliphatic heterocycles. The molecule has 1 unspecified atom stereocenters. The van der Waals surface area contributed by atoms with Gasteiger partial charge in [0.25, 0.3) is 0 Å². The fraction of sp³-hybridized carbons (Fsp3) is 0.600. The van der Waals surface area contributed by atoms with Crippen LogP contribution >= 0.6 is 0 Å². The molecule has 1 atom stereocenters. The maximum atomic E-state index is 9.03. The van der Waals surface area contributed by atoms with E-state index in [4.69, 9.17) is 9.84 Å². The van der Waals surface area contributed by atoms with Crippen molar-refractivity contribution in [2.24, 2.45) is 0 Å². The van der Waals surface area contributed by atoms with Crippen LogP contribution in [0.5, 0.6) is 5.75 Å². The summed E-state index contributed by atoms with van der Waals surface area (Å²) in [7, 11) is 1.69. The number of methoxy groups -OCH3 is 1. The van der Waals surface area contributed by atoms with Crippen molar-refractivity contribution >= 4 is 0 Å². The molecule has 2 N–H and O–H groups in total. The van der Waals surface area contributed by atoms with Crippen molar-refractivity contribution in [1.82, 2.24) is 5.32 Å². The van der Waals surface area contributed by atoms with Gasteiger partial charge in [-0.2, -0.15) is 0 Å². The lowest BCUT2D eigenvalue weighted by molar-refractivity contribution is 0.250. The van der Waals surface area contributed by atoms with Crippen molar-refractivity contribution in [2.45, 2.75) is 45.7 Å². The number of hydrogen-bond acceptors (Lipinski definition) is 3. The number of aliphatic hydroxyl groups is 1. The fourth-order valence-electron chi connectivity index (χ4n) is 1.73. The Bertz CT molecular complexity index is 383. The van der Waals surface area contributed by atoms with Gasteiger partial charge in [-0.25, -0.2) is 0 Å². The van der Waals surface area contributed by atoms with Gasteiger partial charge in [-0.3, -0.25) is 0 Å². The van der Waals surface area contributed by atoms with E-state index in [0.29, 0.717) is 6.54 Å². The van der Waals surface area contributed by atoms with Crippen molar-refractivity contribution in [3.8, 4) is 5.75 Å². The van der Waals surface area contributed by atoms with E-state index in [1.54, 1.807) is 7.11 Å². The molecule has 0 amide bonds. The molecule has 0 saturated carbocycles. The monoisotopic (exact) mass is 251 g/mol. The summed E-state index contributed by atoms with van der Waals surface area (Å²) in [6.07, 6.45) is 0. The summed E-state index contributed by atoms with van der Waals surface area (Å²) in [5.41, 5.74) is 2.55. The first-order chi connectivity index (χ1) is 8.38. The van der Waals surface area contributed by atoms with E-state index < -0.39 is 0 Å². The molecule has 0 aromatic heterocycles. The second-order valence-corrected chi connectivity index (χ2v) is 5.74. The van der Waals surface area contributed by atoms with Crippen LogP contribution in [0, 0.1) is 0 Å². The molecule has 0 aliphatic carbocycles. The third kappa shape index (κ3) is 4.00. The van der Waals surface area contributed by atoms with Gasteiger partial charge in [0.15, 0.2) is 0 Å². The Morgan fingerprint density at radius 1 is 1.33 bits per heavy atom. The molecule has 0 aliphatic rings. The second-order valence-electron chi connectivity index (χ2n) is 5.74. The predicted octanol–water partition coefficient (Wildman–Crippen LogP) is 2.46. The molecule has 1 aromatic carbocycles. The summed E-state index contributed by atoms with van der Waals surface area (Å²) in [4.78, 5) is 0. The zero-order valence-electron chi connectivity index (χ0n) is 12.1. The van der Waals surface area contributed by atoms with Crippen molar-refractivity contribution in [3.05, 3.63) is 29.3 Å². The molecule has 3 heteroatoms. The molecule has 0 saturated heterocycles. The maximum absolute atomic E-state index is 9.03. The largest absolute Gasteiger partial charge is 0.496 e. The lowest BCUT2D eigenvalue weighted by atomic mass is 9.86. The van der Waals surface area contributed by atoms with E-state index in [1.165, 1.54) is 5.56 Å². The van der Waals surface area contributed by atoms with Gasteiger partial charge in [-0.05, 0) is 24.0 Å². The molecule has 1 aromatic rings. The summed E-state index contributed by atoms with van der Waals surface area (Å²) in [6, 6.07) is 6.39. The van der Waals surface area contributed by atoms with Crippen LogP contribution in [0.15, 0.2) is 18.2 Å². The number of ether oxygens (including phenoxy) is 1. The first-order valence-corrected chi connectivity index (χ1v) is 6.40. The van der Waals surface area contributed by atoms with Gasteiger partial charge in [-0.15, -0.1) is 0 Å². The molecule has 0 radical (unpaired) electrons. The lowest BCUT2D eigenvalue weighted by Crippen LogP contribution is -2.29. The molecule has 0 fully saturated rings. The molecule has 0 spiro atoms. The van der Waals surface area contributed by atoms with E-state index in [-0.39, 0.29) is 18.1 Å². The molecule has 1 rings (SSSR count). The molecule has 0 heterocycles. The Balaban J connectivity index is 2.92. The van der Waals surface area contributed by atoms with E-state index >= 15 is 0 Å². The maximum Gasteiger partial charge on any atom is 0.123 e. The van der Waals surface area contributed by atoms with Gasteiger partial charge < -0.3 is 15.2 Å². The topological polar surface area (TPSA) is 41.5 Å². The minimum absolute atomic E-state index is 0.0907. The van der Waals surface area contributed by atoms with E-state index in [0.717, 1.165) is 11.3 Å². The van der Waals surface area contributed by atoms with E-state index in [2.05, 4.69) is 38.2 Å². The smallest absolute Gasteiger partial charge is 0.123 e. The molecule has 102 valence electrons. The van der Waals surface area contributed by atoms with Crippen LogP contribution < -0.4 is 10.1 Å². The van der Waals surface area contributed by atoms with Crippen LogP contribution in [0.1, 0.15) is 38.8 Å². The Morgan fingerprint density at radius 3 is 2.50 bits per heavy atom. The third-order valence-corrected chi connectivity index (χ3v) is 3.06. The average molecular weight is 251 g/mol. The van der Waals surface area contributed by atoms with Gasteiger partial charge in [0.05, 0.1) is 13.7 Å². The van der Waals surface area contributed by atoms with Gasteiger partial charge in [-0.1, -0.05) is 32.9 Å². The molecule has 0 bridgehead atoms. The Hall–Kier alpha value is -1.06. The van der Waals surface area contributed by atoms with Gasteiger partial charge in [0, 0.05) is 18.2 Å². The number of aliphatic hydroxyl groups excluding tert-OH is 1. The molecule has 3 nitrogen and oxygen atoms in total. The van der Waals surface area contributed by atoms with E-state index in [1.807, 2.05) is 13.0 Å². The Kier molecular flexibility index (Phi) is 5.17. The minimum Gasteiger partial charge on any atom is -0.496 e. The van der Waals surface area contributed by atoms with Gasteiger partial charge >= 0.3 is 0 Å².